The van der Waals surface area contributed by atoms with Crippen LogP contribution in [0.3, 0.4) is 0 Å². The second-order valence-electron chi connectivity index (χ2n) is 4.39. The Morgan fingerprint density at radius 3 is 2.87 bits per heavy atom. The molecule has 82 valence electrons. The van der Waals surface area contributed by atoms with Crippen molar-refractivity contribution in [3.8, 4) is 0 Å². The summed E-state index contributed by atoms with van der Waals surface area (Å²) in [6.45, 7) is 2.93. The zero-order chi connectivity index (χ0) is 10.7. The fourth-order valence-electron chi connectivity index (χ4n) is 1.94. The summed E-state index contributed by atoms with van der Waals surface area (Å²) < 4.78 is 0. The molecule has 0 radical (unpaired) electrons. The monoisotopic (exact) mass is 224 g/mol. The van der Waals surface area contributed by atoms with Gasteiger partial charge in [0.05, 0.1) is 5.69 Å². The molecule has 1 N–H and O–H groups in total. The third kappa shape index (κ3) is 2.32. The predicted molar refractivity (Wildman–Crippen MR) is 63.1 cm³/mol. The molecule has 0 spiro atoms. The number of pyridine rings is 1. The Morgan fingerprint density at radius 2 is 2.33 bits per heavy atom. The van der Waals surface area contributed by atoms with Crippen LogP contribution >= 0.6 is 11.6 Å². The molecule has 0 saturated heterocycles. The minimum absolute atomic E-state index is 0.186. The van der Waals surface area contributed by atoms with Crippen LogP contribution in [0.25, 0.3) is 0 Å². The van der Waals surface area contributed by atoms with E-state index in [1.54, 1.807) is 0 Å². The smallest absolute Gasteiger partial charge is 0.0570 e. The number of halogens is 1. The van der Waals surface area contributed by atoms with Crippen LogP contribution in [-0.2, 0) is 6.54 Å². The van der Waals surface area contributed by atoms with Gasteiger partial charge in [-0.1, -0.05) is 6.07 Å². The van der Waals surface area contributed by atoms with E-state index in [1.165, 1.54) is 24.8 Å². The van der Waals surface area contributed by atoms with Crippen molar-refractivity contribution in [3.05, 3.63) is 29.6 Å². The van der Waals surface area contributed by atoms with Crippen LogP contribution in [0.15, 0.2) is 18.3 Å². The van der Waals surface area contributed by atoms with Crippen LogP contribution in [-0.4, -0.2) is 16.4 Å². The Kier molecular flexibility index (Phi) is 3.27. The molecule has 1 fully saturated rings. The van der Waals surface area contributed by atoms with E-state index >= 15 is 0 Å². The van der Waals surface area contributed by atoms with Crippen molar-refractivity contribution in [3.63, 3.8) is 0 Å². The van der Waals surface area contributed by atoms with Crippen molar-refractivity contribution in [2.75, 3.05) is 5.88 Å². The van der Waals surface area contributed by atoms with E-state index in [-0.39, 0.29) is 5.54 Å². The first-order valence-electron chi connectivity index (χ1n) is 5.47. The van der Waals surface area contributed by atoms with Crippen molar-refractivity contribution >= 4 is 11.6 Å². The highest BCUT2D eigenvalue weighted by Gasteiger charge is 2.35. The highest BCUT2D eigenvalue weighted by Crippen LogP contribution is 2.33. The summed E-state index contributed by atoms with van der Waals surface area (Å²) in [5.74, 6) is 0.707. The molecule has 0 amide bonds. The Balaban J connectivity index is 1.95. The molecule has 0 unspecified atom stereocenters. The fourth-order valence-corrected chi connectivity index (χ4v) is 2.30. The lowest BCUT2D eigenvalue weighted by Gasteiger charge is -2.41. The molecular weight excluding hydrogens is 208 g/mol. The van der Waals surface area contributed by atoms with Crippen LogP contribution in [0.2, 0.25) is 0 Å². The van der Waals surface area contributed by atoms with E-state index in [0.29, 0.717) is 5.88 Å². The second kappa shape index (κ2) is 4.50. The zero-order valence-corrected chi connectivity index (χ0v) is 9.85. The minimum Gasteiger partial charge on any atom is -0.304 e. The van der Waals surface area contributed by atoms with Gasteiger partial charge in [0.1, 0.15) is 0 Å². The van der Waals surface area contributed by atoms with E-state index in [0.717, 1.165) is 12.2 Å². The van der Waals surface area contributed by atoms with Crippen molar-refractivity contribution in [2.24, 2.45) is 0 Å². The van der Waals surface area contributed by atoms with Crippen LogP contribution in [0.5, 0.6) is 0 Å². The topological polar surface area (TPSA) is 24.9 Å². The average Bonchev–Trinajstić information content (AvgIpc) is 2.19. The van der Waals surface area contributed by atoms with E-state index in [2.05, 4.69) is 23.3 Å². The van der Waals surface area contributed by atoms with Gasteiger partial charge in [-0.25, -0.2) is 0 Å². The van der Waals surface area contributed by atoms with Gasteiger partial charge in [0, 0.05) is 24.2 Å². The number of hydrogen-bond acceptors (Lipinski definition) is 2. The number of aryl methyl sites for hydroxylation is 1. The molecule has 1 aromatic heterocycles. The molecule has 2 nitrogen and oxygen atoms in total. The number of aromatic nitrogens is 1. The second-order valence-corrected chi connectivity index (χ2v) is 4.66. The van der Waals surface area contributed by atoms with Gasteiger partial charge in [-0.05, 0) is 37.8 Å². The van der Waals surface area contributed by atoms with Crippen molar-refractivity contribution in [1.29, 1.82) is 0 Å². The number of nitrogens with one attached hydrogen (secondary N) is 1. The van der Waals surface area contributed by atoms with E-state index in [1.807, 2.05) is 12.3 Å². The average molecular weight is 225 g/mol. The number of rotatable bonds is 4. The summed E-state index contributed by atoms with van der Waals surface area (Å²) in [6, 6.07) is 4.07. The maximum atomic E-state index is 5.98. The predicted octanol–water partition coefficient (Wildman–Crippen LogP) is 2.64. The van der Waals surface area contributed by atoms with Crippen molar-refractivity contribution in [2.45, 2.75) is 38.3 Å². The molecule has 1 aliphatic rings. The molecule has 0 bridgehead atoms. The number of alkyl halides is 1. The van der Waals surface area contributed by atoms with Crippen molar-refractivity contribution < 1.29 is 0 Å². The molecule has 0 atom stereocenters. The van der Waals surface area contributed by atoms with Gasteiger partial charge in [0.25, 0.3) is 0 Å². The first-order chi connectivity index (χ1) is 7.26. The third-order valence-corrected chi connectivity index (χ3v) is 3.83. The normalized spacial score (nSPS) is 18.5. The SMILES string of the molecule is Cc1cccnc1CNC1(CCl)CCC1. The molecule has 1 heterocycles. The van der Waals surface area contributed by atoms with Crippen LogP contribution < -0.4 is 5.32 Å². The lowest BCUT2D eigenvalue weighted by molar-refractivity contribution is 0.210. The van der Waals surface area contributed by atoms with Crippen molar-refractivity contribution in [1.82, 2.24) is 10.3 Å². The Bertz CT molecular complexity index is 329. The Hall–Kier alpha value is -0.600. The third-order valence-electron chi connectivity index (χ3n) is 3.32. The largest absolute Gasteiger partial charge is 0.304 e. The minimum atomic E-state index is 0.186. The lowest BCUT2D eigenvalue weighted by Crippen LogP contribution is -2.52. The van der Waals surface area contributed by atoms with Gasteiger partial charge in [-0.15, -0.1) is 11.6 Å². The fraction of sp³-hybridized carbons (Fsp3) is 0.583. The van der Waals surface area contributed by atoms with Gasteiger partial charge in [-0.3, -0.25) is 4.98 Å². The molecule has 1 aliphatic carbocycles. The van der Waals surface area contributed by atoms with Gasteiger partial charge < -0.3 is 5.32 Å². The summed E-state index contributed by atoms with van der Waals surface area (Å²) in [7, 11) is 0. The number of hydrogen-bond donors (Lipinski definition) is 1. The molecular formula is C12H17ClN2. The van der Waals surface area contributed by atoms with Gasteiger partial charge in [0.2, 0.25) is 0 Å². The standard InChI is InChI=1S/C12H17ClN2/c1-10-4-2-7-14-11(10)8-15-12(9-13)5-3-6-12/h2,4,7,15H,3,5-6,8-9H2,1H3. The van der Waals surface area contributed by atoms with Crippen LogP contribution in [0.1, 0.15) is 30.5 Å². The maximum absolute atomic E-state index is 5.98. The lowest BCUT2D eigenvalue weighted by atomic mass is 9.78. The molecule has 3 heteroatoms. The summed E-state index contributed by atoms with van der Waals surface area (Å²) in [4.78, 5) is 4.37. The van der Waals surface area contributed by atoms with Gasteiger partial charge in [0.15, 0.2) is 0 Å². The summed E-state index contributed by atoms with van der Waals surface area (Å²) in [5, 5.41) is 3.54. The van der Waals surface area contributed by atoms with E-state index in [4.69, 9.17) is 11.6 Å². The van der Waals surface area contributed by atoms with Crippen LogP contribution in [0, 0.1) is 6.92 Å². The molecule has 15 heavy (non-hydrogen) atoms. The maximum Gasteiger partial charge on any atom is 0.0570 e. The Labute approximate surface area is 96.1 Å². The van der Waals surface area contributed by atoms with Crippen LogP contribution in [0.4, 0.5) is 0 Å². The first-order valence-corrected chi connectivity index (χ1v) is 6.01. The molecule has 1 saturated carbocycles. The zero-order valence-electron chi connectivity index (χ0n) is 9.09. The summed E-state index contributed by atoms with van der Waals surface area (Å²) in [6.07, 6.45) is 5.53. The molecule has 0 aliphatic heterocycles. The molecule has 1 aromatic rings. The van der Waals surface area contributed by atoms with Gasteiger partial charge in [-0.2, -0.15) is 0 Å². The molecule has 0 aromatic carbocycles. The summed E-state index contributed by atoms with van der Waals surface area (Å²) >= 11 is 5.98. The highest BCUT2D eigenvalue weighted by molar-refractivity contribution is 6.18. The van der Waals surface area contributed by atoms with E-state index < -0.39 is 0 Å². The van der Waals surface area contributed by atoms with E-state index in [9.17, 15) is 0 Å². The van der Waals surface area contributed by atoms with Gasteiger partial charge >= 0.3 is 0 Å². The first kappa shape index (κ1) is 10.9. The Morgan fingerprint density at radius 1 is 1.53 bits per heavy atom. The number of nitrogens with zero attached hydrogens (tertiary/aromatic N) is 1. The summed E-state index contributed by atoms with van der Waals surface area (Å²) in [5.41, 5.74) is 2.56. The quantitative estimate of drug-likeness (QED) is 0.796. The molecule has 2 rings (SSSR count). The highest BCUT2D eigenvalue weighted by atomic mass is 35.5.